The summed E-state index contributed by atoms with van der Waals surface area (Å²) in [7, 11) is 0. The molecule has 0 radical (unpaired) electrons. The smallest absolute Gasteiger partial charge is 0.0378 e. The van der Waals surface area contributed by atoms with Crippen molar-refractivity contribution in [2.45, 2.75) is 12.5 Å². The van der Waals surface area contributed by atoms with E-state index >= 15 is 0 Å². The standard InChI is InChI=1S/C9H15N3S/c1-13-6-8(10)4-7-5-12-3-2-9(7)11/h2-3,5,8H,4,6,10H2,1H3,(H2,11,12). The fourth-order valence-corrected chi connectivity index (χ4v) is 1.71. The number of rotatable bonds is 4. The molecular formula is C9H15N3S. The maximum absolute atomic E-state index is 5.88. The number of thioether (sulfide) groups is 1. The van der Waals surface area contributed by atoms with Gasteiger partial charge in [-0.1, -0.05) is 0 Å². The third-order valence-corrected chi connectivity index (χ3v) is 2.57. The summed E-state index contributed by atoms with van der Waals surface area (Å²) < 4.78 is 0. The van der Waals surface area contributed by atoms with Crippen LogP contribution in [0, 0.1) is 0 Å². The second kappa shape index (κ2) is 5.09. The van der Waals surface area contributed by atoms with Gasteiger partial charge < -0.3 is 11.5 Å². The second-order valence-electron chi connectivity index (χ2n) is 2.99. The Balaban J connectivity index is 2.58. The fourth-order valence-electron chi connectivity index (χ4n) is 1.16. The van der Waals surface area contributed by atoms with Gasteiger partial charge in [-0.3, -0.25) is 4.98 Å². The molecule has 0 spiro atoms. The van der Waals surface area contributed by atoms with Crippen molar-refractivity contribution in [2.24, 2.45) is 5.73 Å². The van der Waals surface area contributed by atoms with Crippen LogP contribution in [-0.2, 0) is 6.42 Å². The highest BCUT2D eigenvalue weighted by atomic mass is 32.2. The summed E-state index contributed by atoms with van der Waals surface area (Å²) in [6.45, 7) is 0. The zero-order valence-electron chi connectivity index (χ0n) is 7.73. The van der Waals surface area contributed by atoms with Crippen molar-refractivity contribution >= 4 is 17.4 Å². The molecule has 1 heterocycles. The van der Waals surface area contributed by atoms with Gasteiger partial charge in [0.05, 0.1) is 0 Å². The van der Waals surface area contributed by atoms with Crippen LogP contribution in [0.5, 0.6) is 0 Å². The first-order valence-corrected chi connectivity index (χ1v) is 5.56. The number of hydrogen-bond acceptors (Lipinski definition) is 4. The largest absolute Gasteiger partial charge is 0.398 e. The van der Waals surface area contributed by atoms with Gasteiger partial charge >= 0.3 is 0 Å². The maximum atomic E-state index is 5.88. The second-order valence-corrected chi connectivity index (χ2v) is 3.90. The highest BCUT2D eigenvalue weighted by Crippen LogP contribution is 2.11. The van der Waals surface area contributed by atoms with Crippen LogP contribution >= 0.6 is 11.8 Å². The number of nitrogens with zero attached hydrogens (tertiary/aromatic N) is 1. The van der Waals surface area contributed by atoms with Crippen molar-refractivity contribution in [3.63, 3.8) is 0 Å². The van der Waals surface area contributed by atoms with E-state index in [4.69, 9.17) is 11.5 Å². The van der Waals surface area contributed by atoms with Gasteiger partial charge in [-0.15, -0.1) is 0 Å². The lowest BCUT2D eigenvalue weighted by Crippen LogP contribution is -2.25. The third-order valence-electron chi connectivity index (χ3n) is 1.80. The first-order chi connectivity index (χ1) is 6.24. The number of nitrogen functional groups attached to an aromatic ring is 1. The van der Waals surface area contributed by atoms with Gasteiger partial charge in [0.15, 0.2) is 0 Å². The Morgan fingerprint density at radius 3 is 3.00 bits per heavy atom. The lowest BCUT2D eigenvalue weighted by Gasteiger charge is -2.10. The molecule has 4 N–H and O–H groups in total. The van der Waals surface area contributed by atoms with E-state index in [1.807, 2.05) is 6.26 Å². The molecule has 0 aliphatic heterocycles. The molecule has 1 atom stereocenters. The molecule has 1 unspecified atom stereocenters. The van der Waals surface area contributed by atoms with Gasteiger partial charge in [0.25, 0.3) is 0 Å². The molecule has 13 heavy (non-hydrogen) atoms. The minimum Gasteiger partial charge on any atom is -0.398 e. The quantitative estimate of drug-likeness (QED) is 0.752. The summed E-state index contributed by atoms with van der Waals surface area (Å²) in [5.74, 6) is 0.953. The molecule has 4 heteroatoms. The van der Waals surface area contributed by atoms with E-state index in [0.29, 0.717) is 0 Å². The van der Waals surface area contributed by atoms with Crippen LogP contribution in [0.4, 0.5) is 5.69 Å². The summed E-state index contributed by atoms with van der Waals surface area (Å²) in [4.78, 5) is 4.02. The molecule has 1 aromatic heterocycles. The Morgan fingerprint density at radius 2 is 2.38 bits per heavy atom. The molecule has 1 aromatic rings. The molecule has 0 aromatic carbocycles. The average molecular weight is 197 g/mol. The number of hydrogen-bond donors (Lipinski definition) is 2. The Morgan fingerprint density at radius 1 is 1.62 bits per heavy atom. The minimum atomic E-state index is 0.168. The van der Waals surface area contributed by atoms with Gasteiger partial charge in [-0.2, -0.15) is 11.8 Å². The van der Waals surface area contributed by atoms with Gasteiger partial charge in [0, 0.05) is 29.9 Å². The van der Waals surface area contributed by atoms with E-state index in [9.17, 15) is 0 Å². The summed E-state index contributed by atoms with van der Waals surface area (Å²) in [5.41, 5.74) is 13.5. The minimum absolute atomic E-state index is 0.168. The van der Waals surface area contributed by atoms with E-state index in [0.717, 1.165) is 23.4 Å². The molecule has 0 saturated heterocycles. The van der Waals surface area contributed by atoms with Gasteiger partial charge in [-0.05, 0) is 24.3 Å². The number of pyridine rings is 1. The van der Waals surface area contributed by atoms with E-state index < -0.39 is 0 Å². The molecule has 1 rings (SSSR count). The highest BCUT2D eigenvalue weighted by molar-refractivity contribution is 7.98. The van der Waals surface area contributed by atoms with Crippen LogP contribution in [0.2, 0.25) is 0 Å². The Kier molecular flexibility index (Phi) is 4.05. The van der Waals surface area contributed by atoms with Crippen LogP contribution in [0.25, 0.3) is 0 Å². The molecule has 72 valence electrons. The molecule has 0 fully saturated rings. The first-order valence-electron chi connectivity index (χ1n) is 4.17. The number of nitrogens with two attached hydrogens (primary N) is 2. The van der Waals surface area contributed by atoms with Crippen LogP contribution in [0.1, 0.15) is 5.56 Å². The van der Waals surface area contributed by atoms with E-state index in [1.165, 1.54) is 0 Å². The van der Waals surface area contributed by atoms with Crippen LogP contribution in [-0.4, -0.2) is 23.0 Å². The zero-order chi connectivity index (χ0) is 9.68. The summed E-state index contributed by atoms with van der Waals surface area (Å²) in [6.07, 6.45) is 6.33. The van der Waals surface area contributed by atoms with Crippen LogP contribution < -0.4 is 11.5 Å². The Labute approximate surface area is 82.9 Å². The van der Waals surface area contributed by atoms with E-state index in [-0.39, 0.29) is 6.04 Å². The van der Waals surface area contributed by atoms with Gasteiger partial charge in [0.2, 0.25) is 0 Å². The Bertz CT molecular complexity index is 265. The zero-order valence-corrected chi connectivity index (χ0v) is 8.55. The van der Waals surface area contributed by atoms with Crippen molar-refractivity contribution in [3.8, 4) is 0 Å². The lowest BCUT2D eigenvalue weighted by atomic mass is 10.1. The van der Waals surface area contributed by atoms with Crippen molar-refractivity contribution in [1.29, 1.82) is 0 Å². The molecule has 0 saturated carbocycles. The molecule has 0 aliphatic carbocycles. The predicted molar refractivity (Wildman–Crippen MR) is 58.7 cm³/mol. The Hall–Kier alpha value is -0.740. The summed E-state index contributed by atoms with van der Waals surface area (Å²) in [5, 5.41) is 0. The monoisotopic (exact) mass is 197 g/mol. The summed E-state index contributed by atoms with van der Waals surface area (Å²) in [6, 6.07) is 1.97. The van der Waals surface area contributed by atoms with E-state index in [1.54, 1.807) is 30.2 Å². The van der Waals surface area contributed by atoms with E-state index in [2.05, 4.69) is 4.98 Å². The van der Waals surface area contributed by atoms with Crippen LogP contribution in [0.3, 0.4) is 0 Å². The van der Waals surface area contributed by atoms with Crippen molar-refractivity contribution in [1.82, 2.24) is 4.98 Å². The highest BCUT2D eigenvalue weighted by Gasteiger charge is 2.05. The van der Waals surface area contributed by atoms with Gasteiger partial charge in [0.1, 0.15) is 0 Å². The molecule has 3 nitrogen and oxygen atoms in total. The predicted octanol–water partition coefficient (Wildman–Crippen LogP) is 0.897. The fraction of sp³-hybridized carbons (Fsp3) is 0.444. The molecule has 0 aliphatic rings. The first kappa shape index (κ1) is 10.3. The van der Waals surface area contributed by atoms with Crippen molar-refractivity contribution in [3.05, 3.63) is 24.0 Å². The average Bonchev–Trinajstić information content (AvgIpc) is 2.09. The topological polar surface area (TPSA) is 64.9 Å². The lowest BCUT2D eigenvalue weighted by molar-refractivity contribution is 0.748. The normalized spacial score (nSPS) is 12.8. The molecule has 0 bridgehead atoms. The SMILES string of the molecule is CSCC(N)Cc1cnccc1N. The third kappa shape index (κ3) is 3.24. The molecule has 0 amide bonds. The maximum Gasteiger partial charge on any atom is 0.0378 e. The van der Waals surface area contributed by atoms with Crippen molar-refractivity contribution < 1.29 is 0 Å². The van der Waals surface area contributed by atoms with Crippen molar-refractivity contribution in [2.75, 3.05) is 17.7 Å². The number of aromatic nitrogens is 1. The summed E-state index contributed by atoms with van der Waals surface area (Å²) >= 11 is 1.75. The van der Waals surface area contributed by atoms with Gasteiger partial charge in [-0.25, -0.2) is 0 Å². The van der Waals surface area contributed by atoms with Crippen LogP contribution in [0.15, 0.2) is 18.5 Å². The molecular weight excluding hydrogens is 182 g/mol. The number of anilines is 1.